The summed E-state index contributed by atoms with van der Waals surface area (Å²) in [4.78, 5) is 12.0. The molecular weight excluding hydrogens is 306 g/mol. The van der Waals surface area contributed by atoms with Gasteiger partial charge in [-0.2, -0.15) is 0 Å². The first kappa shape index (κ1) is 20.1. The van der Waals surface area contributed by atoms with Crippen molar-refractivity contribution in [1.82, 2.24) is 5.32 Å². The van der Waals surface area contributed by atoms with Crippen LogP contribution in [0.15, 0.2) is 22.9 Å². The van der Waals surface area contributed by atoms with E-state index in [1.165, 1.54) is 63.1 Å². The first-order valence-electron chi connectivity index (χ1n) is 9.10. The zero-order valence-electron chi connectivity index (χ0n) is 14.9. The lowest BCUT2D eigenvalue weighted by atomic mass is 10.1. The van der Waals surface area contributed by atoms with Gasteiger partial charge in [-0.15, -0.1) is 0 Å². The number of thioether (sulfide) groups is 1. The van der Waals surface area contributed by atoms with Crippen LogP contribution < -0.4 is 5.32 Å². The standard InChI is InChI=1S/C19H33NO2S/c1-4-5-6-7-8-9-10-11-12-13-14-17(21)23-19-18(22-3)16(2)15-20-19/h20H,2,4-15H2,1,3H3. The van der Waals surface area contributed by atoms with E-state index in [1.807, 2.05) is 0 Å². The summed E-state index contributed by atoms with van der Waals surface area (Å²) in [5.74, 6) is 0.742. The molecule has 0 saturated heterocycles. The van der Waals surface area contributed by atoms with Gasteiger partial charge in [0.25, 0.3) is 0 Å². The minimum absolute atomic E-state index is 0.219. The number of nitrogens with one attached hydrogen (secondary N) is 1. The van der Waals surface area contributed by atoms with Crippen LogP contribution in [0.5, 0.6) is 0 Å². The average Bonchev–Trinajstić information content (AvgIpc) is 2.89. The molecule has 0 aromatic carbocycles. The molecule has 0 fully saturated rings. The summed E-state index contributed by atoms with van der Waals surface area (Å²) in [5, 5.41) is 4.22. The van der Waals surface area contributed by atoms with Gasteiger partial charge in [0.2, 0.25) is 0 Å². The van der Waals surface area contributed by atoms with Gasteiger partial charge in [-0.25, -0.2) is 0 Å². The lowest BCUT2D eigenvalue weighted by molar-refractivity contribution is -0.111. The van der Waals surface area contributed by atoms with Crippen LogP contribution in [0.1, 0.15) is 77.6 Å². The van der Waals surface area contributed by atoms with Gasteiger partial charge in [-0.1, -0.05) is 71.3 Å². The van der Waals surface area contributed by atoms with E-state index in [1.54, 1.807) is 7.11 Å². The van der Waals surface area contributed by atoms with Crippen LogP contribution in [0.4, 0.5) is 0 Å². The van der Waals surface area contributed by atoms with E-state index in [0.717, 1.165) is 29.2 Å². The molecule has 0 aliphatic carbocycles. The molecule has 0 bridgehead atoms. The molecule has 0 unspecified atom stereocenters. The Morgan fingerprint density at radius 1 is 1.09 bits per heavy atom. The van der Waals surface area contributed by atoms with Crippen LogP contribution in [-0.4, -0.2) is 18.8 Å². The van der Waals surface area contributed by atoms with E-state index in [0.29, 0.717) is 13.0 Å². The molecule has 1 N–H and O–H groups in total. The highest BCUT2D eigenvalue weighted by molar-refractivity contribution is 8.16. The number of unbranched alkanes of at least 4 members (excludes halogenated alkanes) is 9. The van der Waals surface area contributed by atoms with Crippen LogP contribution in [0, 0.1) is 0 Å². The minimum atomic E-state index is 0.219. The Balaban J connectivity index is 2.00. The van der Waals surface area contributed by atoms with Gasteiger partial charge in [0.15, 0.2) is 10.9 Å². The van der Waals surface area contributed by atoms with Crippen LogP contribution in [0.3, 0.4) is 0 Å². The molecule has 0 spiro atoms. The molecule has 1 aliphatic heterocycles. The highest BCUT2D eigenvalue weighted by Gasteiger charge is 2.21. The Kier molecular flexibility index (Phi) is 11.0. The Hall–Kier alpha value is -0.900. The molecule has 1 aliphatic rings. The number of carbonyl (C=O) groups excluding carboxylic acids is 1. The molecule has 4 heteroatoms. The van der Waals surface area contributed by atoms with Gasteiger partial charge < -0.3 is 10.1 Å². The summed E-state index contributed by atoms with van der Waals surface area (Å²) in [6, 6.07) is 0. The van der Waals surface area contributed by atoms with Crippen molar-refractivity contribution in [3.63, 3.8) is 0 Å². The Morgan fingerprint density at radius 3 is 2.22 bits per heavy atom. The smallest absolute Gasteiger partial charge is 0.195 e. The maximum Gasteiger partial charge on any atom is 0.195 e. The monoisotopic (exact) mass is 339 g/mol. The topological polar surface area (TPSA) is 38.3 Å². The second-order valence-corrected chi connectivity index (χ2v) is 7.29. The van der Waals surface area contributed by atoms with Gasteiger partial charge in [-0.3, -0.25) is 4.79 Å². The van der Waals surface area contributed by atoms with Crippen LogP contribution >= 0.6 is 11.8 Å². The van der Waals surface area contributed by atoms with Gasteiger partial charge in [0.1, 0.15) is 5.03 Å². The zero-order valence-corrected chi connectivity index (χ0v) is 15.7. The molecule has 0 amide bonds. The second-order valence-electron chi connectivity index (χ2n) is 6.23. The van der Waals surface area contributed by atoms with Crippen molar-refractivity contribution in [2.24, 2.45) is 0 Å². The largest absolute Gasteiger partial charge is 0.494 e. The maximum atomic E-state index is 12.0. The third-order valence-electron chi connectivity index (χ3n) is 4.14. The molecule has 132 valence electrons. The molecule has 0 saturated carbocycles. The minimum Gasteiger partial charge on any atom is -0.494 e. The van der Waals surface area contributed by atoms with Crippen molar-refractivity contribution in [3.8, 4) is 0 Å². The molecule has 0 aromatic heterocycles. The second kappa shape index (κ2) is 12.5. The van der Waals surface area contributed by atoms with Crippen molar-refractivity contribution in [1.29, 1.82) is 0 Å². The first-order chi connectivity index (χ1) is 11.2. The number of ether oxygens (including phenoxy) is 1. The summed E-state index contributed by atoms with van der Waals surface area (Å²) < 4.78 is 5.29. The predicted molar refractivity (Wildman–Crippen MR) is 100 cm³/mol. The van der Waals surface area contributed by atoms with E-state index in [9.17, 15) is 4.79 Å². The Labute approximate surface area is 146 Å². The maximum absolute atomic E-state index is 12.0. The van der Waals surface area contributed by atoms with Crippen LogP contribution in [0.2, 0.25) is 0 Å². The highest BCUT2D eigenvalue weighted by Crippen LogP contribution is 2.29. The molecule has 3 nitrogen and oxygen atoms in total. The summed E-state index contributed by atoms with van der Waals surface area (Å²) in [5.41, 5.74) is 0.918. The van der Waals surface area contributed by atoms with Crippen LogP contribution in [0.25, 0.3) is 0 Å². The third-order valence-corrected chi connectivity index (χ3v) is 5.11. The fraction of sp³-hybridized carbons (Fsp3) is 0.737. The quantitative estimate of drug-likeness (QED) is 0.448. The highest BCUT2D eigenvalue weighted by atomic mass is 32.2. The number of rotatable bonds is 13. The fourth-order valence-corrected chi connectivity index (χ4v) is 3.69. The third kappa shape index (κ3) is 8.50. The zero-order chi connectivity index (χ0) is 16.9. The summed E-state index contributed by atoms with van der Waals surface area (Å²) in [6.45, 7) is 6.85. The van der Waals surface area contributed by atoms with E-state index < -0.39 is 0 Å². The van der Waals surface area contributed by atoms with Crippen molar-refractivity contribution < 1.29 is 9.53 Å². The van der Waals surface area contributed by atoms with E-state index in [4.69, 9.17) is 4.74 Å². The van der Waals surface area contributed by atoms with Crippen molar-refractivity contribution in [3.05, 3.63) is 22.9 Å². The summed E-state index contributed by atoms with van der Waals surface area (Å²) >= 11 is 1.27. The van der Waals surface area contributed by atoms with Crippen LogP contribution in [-0.2, 0) is 9.53 Å². The molecule has 1 heterocycles. The lowest BCUT2D eigenvalue weighted by Crippen LogP contribution is -2.07. The van der Waals surface area contributed by atoms with Crippen molar-refractivity contribution in [2.75, 3.05) is 13.7 Å². The molecular formula is C19H33NO2S. The first-order valence-corrected chi connectivity index (χ1v) is 9.91. The molecule has 23 heavy (non-hydrogen) atoms. The summed E-state index contributed by atoms with van der Waals surface area (Å²) in [7, 11) is 1.63. The summed E-state index contributed by atoms with van der Waals surface area (Å²) in [6.07, 6.45) is 13.6. The van der Waals surface area contributed by atoms with Gasteiger partial charge in [-0.05, 0) is 18.2 Å². The number of hydrogen-bond donors (Lipinski definition) is 1. The van der Waals surface area contributed by atoms with E-state index in [-0.39, 0.29) is 5.12 Å². The molecule has 1 rings (SSSR count). The predicted octanol–water partition coefficient (Wildman–Crippen LogP) is 5.53. The van der Waals surface area contributed by atoms with Gasteiger partial charge in [0.05, 0.1) is 7.11 Å². The van der Waals surface area contributed by atoms with E-state index >= 15 is 0 Å². The number of methoxy groups -OCH3 is 1. The fourth-order valence-electron chi connectivity index (χ4n) is 2.75. The van der Waals surface area contributed by atoms with E-state index in [2.05, 4.69) is 18.8 Å². The molecule has 0 aromatic rings. The van der Waals surface area contributed by atoms with Crippen molar-refractivity contribution >= 4 is 16.9 Å². The number of hydrogen-bond acceptors (Lipinski definition) is 4. The average molecular weight is 340 g/mol. The molecule has 0 radical (unpaired) electrons. The van der Waals surface area contributed by atoms with Crippen molar-refractivity contribution in [2.45, 2.75) is 77.6 Å². The van der Waals surface area contributed by atoms with Gasteiger partial charge in [0, 0.05) is 18.5 Å². The SMILES string of the molecule is C=C1CNC(SC(=O)CCCCCCCCCCCC)=C1OC. The lowest BCUT2D eigenvalue weighted by Gasteiger charge is -2.05. The molecule has 0 atom stereocenters. The normalized spacial score (nSPS) is 14.3. The Morgan fingerprint density at radius 2 is 1.65 bits per heavy atom. The number of carbonyl (C=O) groups is 1. The van der Waals surface area contributed by atoms with Gasteiger partial charge >= 0.3 is 0 Å². The Bertz CT molecular complexity index is 404.